The second kappa shape index (κ2) is 8.13. The maximum atomic E-state index is 13.3. The predicted molar refractivity (Wildman–Crippen MR) is 101 cm³/mol. The fourth-order valence-corrected chi connectivity index (χ4v) is 5.00. The molecule has 2 aliphatic carbocycles. The summed E-state index contributed by atoms with van der Waals surface area (Å²) < 4.78 is 35.2. The number of rotatable bonds is 6. The van der Waals surface area contributed by atoms with Crippen molar-refractivity contribution >= 4 is 18.0 Å². The number of fused-ring (bicyclic) bond motifs is 5. The molecular formula is C20H28F2N2O6. The fraction of sp³-hybridized carbons (Fsp3) is 0.750. The highest BCUT2D eigenvalue weighted by Crippen LogP contribution is 2.54. The van der Waals surface area contributed by atoms with Crippen molar-refractivity contribution < 1.29 is 37.7 Å². The normalized spacial score (nSPS) is 31.6. The van der Waals surface area contributed by atoms with Gasteiger partial charge in [-0.2, -0.15) is 8.78 Å². The summed E-state index contributed by atoms with van der Waals surface area (Å²) in [5, 5.41) is 12.1. The van der Waals surface area contributed by atoms with Crippen LogP contribution in [-0.4, -0.2) is 64.9 Å². The van der Waals surface area contributed by atoms with Gasteiger partial charge < -0.3 is 24.8 Å². The van der Waals surface area contributed by atoms with Crippen LogP contribution in [-0.2, 0) is 19.1 Å². The third-order valence-electron chi connectivity index (χ3n) is 6.06. The van der Waals surface area contributed by atoms with E-state index in [4.69, 9.17) is 4.74 Å². The first-order valence-electron chi connectivity index (χ1n) is 10.0. The topological polar surface area (TPSA) is 105 Å². The summed E-state index contributed by atoms with van der Waals surface area (Å²) in [5.41, 5.74) is -0.871. The summed E-state index contributed by atoms with van der Waals surface area (Å²) in [6, 6.07) is -2.59. The van der Waals surface area contributed by atoms with E-state index >= 15 is 0 Å². The Morgan fingerprint density at radius 1 is 1.20 bits per heavy atom. The lowest BCUT2D eigenvalue weighted by molar-refractivity contribution is -0.173. The molecule has 3 rings (SSSR count). The van der Waals surface area contributed by atoms with Gasteiger partial charge in [-0.05, 0) is 51.9 Å². The number of alkyl carbamates (subject to hydrolysis) is 1. The van der Waals surface area contributed by atoms with E-state index in [0.717, 1.165) is 6.42 Å². The van der Waals surface area contributed by atoms with E-state index in [-0.39, 0.29) is 30.2 Å². The Bertz CT molecular complexity index is 737. The molecule has 168 valence electrons. The smallest absolute Gasteiger partial charge is 0.408 e. The molecule has 7 atom stereocenters. The molecule has 0 spiro atoms. The molecule has 8 nitrogen and oxygen atoms in total. The Labute approximate surface area is 173 Å². The quantitative estimate of drug-likeness (QED) is 0.626. The van der Waals surface area contributed by atoms with Crippen LogP contribution < -0.4 is 5.32 Å². The van der Waals surface area contributed by atoms with Crippen LogP contribution in [0.3, 0.4) is 0 Å². The fourth-order valence-electron chi connectivity index (χ4n) is 5.00. The molecule has 1 aliphatic heterocycles. The van der Waals surface area contributed by atoms with Gasteiger partial charge in [-0.1, -0.05) is 12.2 Å². The summed E-state index contributed by atoms with van der Waals surface area (Å²) in [6.07, 6.45) is 2.55. The van der Waals surface area contributed by atoms with Crippen molar-refractivity contribution in [3.63, 3.8) is 0 Å². The van der Waals surface area contributed by atoms with E-state index in [1.165, 1.54) is 11.8 Å². The molecule has 0 unspecified atom stereocenters. The number of ether oxygens (including phenoxy) is 2. The minimum atomic E-state index is -3.16. The zero-order valence-electron chi connectivity index (χ0n) is 17.4. The van der Waals surface area contributed by atoms with Crippen molar-refractivity contribution in [1.82, 2.24) is 10.2 Å². The van der Waals surface area contributed by atoms with Gasteiger partial charge in [0.05, 0.1) is 6.10 Å². The number of nitrogens with zero attached hydrogens (tertiary/aromatic N) is 1. The molecule has 2 fully saturated rings. The minimum Gasteiger partial charge on any atom is -0.480 e. The maximum Gasteiger partial charge on any atom is 0.408 e. The van der Waals surface area contributed by atoms with Crippen molar-refractivity contribution in [2.45, 2.75) is 64.5 Å². The van der Waals surface area contributed by atoms with E-state index in [0.29, 0.717) is 0 Å². The van der Waals surface area contributed by atoms with Crippen molar-refractivity contribution in [3.8, 4) is 0 Å². The van der Waals surface area contributed by atoms with Crippen molar-refractivity contribution in [3.05, 3.63) is 12.2 Å². The zero-order chi connectivity index (χ0) is 22.4. The molecule has 1 saturated carbocycles. The average Bonchev–Trinajstić information content (AvgIpc) is 3.27. The van der Waals surface area contributed by atoms with E-state index in [1.54, 1.807) is 20.8 Å². The number of carbonyl (C=O) groups is 3. The van der Waals surface area contributed by atoms with Gasteiger partial charge in [-0.15, -0.1) is 0 Å². The highest BCUT2D eigenvalue weighted by Gasteiger charge is 2.58. The second-order valence-corrected chi connectivity index (χ2v) is 9.19. The Kier molecular flexibility index (Phi) is 6.08. The molecule has 1 saturated heterocycles. The van der Waals surface area contributed by atoms with Gasteiger partial charge in [0.2, 0.25) is 5.91 Å². The third-order valence-corrected chi connectivity index (χ3v) is 6.06. The van der Waals surface area contributed by atoms with Crippen LogP contribution in [0.1, 0.15) is 34.1 Å². The first-order valence-corrected chi connectivity index (χ1v) is 10.0. The largest absolute Gasteiger partial charge is 0.480 e. The molecule has 0 aromatic carbocycles. The molecule has 30 heavy (non-hydrogen) atoms. The highest BCUT2D eigenvalue weighted by molar-refractivity contribution is 5.90. The minimum absolute atomic E-state index is 0.00134. The van der Waals surface area contributed by atoms with Crippen LogP contribution in [0.15, 0.2) is 12.2 Å². The number of carboxylic acid groups (broad SMARTS) is 1. The van der Waals surface area contributed by atoms with Gasteiger partial charge in [0.25, 0.3) is 0 Å². The molecule has 3 aliphatic rings. The Hall–Kier alpha value is -2.23. The molecule has 1 heterocycles. The summed E-state index contributed by atoms with van der Waals surface area (Å²) in [6.45, 7) is 3.11. The molecule has 0 aromatic heterocycles. The van der Waals surface area contributed by atoms with Gasteiger partial charge in [0, 0.05) is 12.5 Å². The Morgan fingerprint density at radius 2 is 1.83 bits per heavy atom. The first kappa shape index (κ1) is 22.5. The predicted octanol–water partition coefficient (Wildman–Crippen LogP) is 2.24. The van der Waals surface area contributed by atoms with Gasteiger partial charge >= 0.3 is 18.7 Å². The number of allylic oxidation sites excluding steroid dienone is 2. The monoisotopic (exact) mass is 430 g/mol. The van der Waals surface area contributed by atoms with Gasteiger partial charge in [0.15, 0.2) is 0 Å². The summed E-state index contributed by atoms with van der Waals surface area (Å²) in [5.74, 6) is -1.86. The molecule has 0 radical (unpaired) electrons. The summed E-state index contributed by atoms with van der Waals surface area (Å²) in [4.78, 5) is 38.8. The van der Waals surface area contributed by atoms with Crippen LogP contribution in [0.25, 0.3) is 0 Å². The van der Waals surface area contributed by atoms with E-state index in [9.17, 15) is 28.3 Å². The van der Waals surface area contributed by atoms with Crippen LogP contribution in [0.2, 0.25) is 0 Å². The lowest BCUT2D eigenvalue weighted by Crippen LogP contribution is -2.58. The van der Waals surface area contributed by atoms with Crippen molar-refractivity contribution in [1.29, 1.82) is 0 Å². The Balaban J connectivity index is 1.82. The van der Waals surface area contributed by atoms with Crippen LogP contribution in [0, 0.1) is 23.7 Å². The van der Waals surface area contributed by atoms with Crippen LogP contribution in [0.5, 0.6) is 0 Å². The Morgan fingerprint density at radius 3 is 2.40 bits per heavy atom. The average molecular weight is 430 g/mol. The highest BCUT2D eigenvalue weighted by atomic mass is 19.3. The number of carboxylic acids is 1. The molecule has 2 N–H and O–H groups in total. The summed E-state index contributed by atoms with van der Waals surface area (Å²) >= 11 is 0. The number of hydrogen-bond acceptors (Lipinski definition) is 5. The number of halogens is 2. The molecule has 0 aromatic rings. The third kappa shape index (κ3) is 4.43. The van der Waals surface area contributed by atoms with E-state index < -0.39 is 48.4 Å². The molecule has 2 amide bonds. The lowest BCUT2D eigenvalue weighted by atomic mass is 9.82. The van der Waals surface area contributed by atoms with Crippen molar-refractivity contribution in [2.75, 3.05) is 6.54 Å². The molecule has 2 bridgehead atoms. The second-order valence-electron chi connectivity index (χ2n) is 9.19. The van der Waals surface area contributed by atoms with Crippen LogP contribution in [0.4, 0.5) is 13.6 Å². The SMILES string of the molecule is C[C@@H](OC(F)F)[C@H](NC(=O)OC(C)(C)C)C(=O)N1C[C@H]2[C@@H]([C@H]1C(=O)O)[C@H]1C=C[C@@H]2C1. The van der Waals surface area contributed by atoms with Gasteiger partial charge in [-0.3, -0.25) is 4.79 Å². The van der Waals surface area contributed by atoms with E-state index in [1.807, 2.05) is 6.08 Å². The standard InChI is InChI=1S/C20H28F2N2O6/c1-9(29-18(21)22)14(23-19(28)30-20(2,3)4)16(25)24-8-12-10-5-6-11(7-10)13(12)15(24)17(26)27/h5-6,9-15,18H,7-8H2,1-4H3,(H,23,28)(H,26,27)/t9-,10-,11+,12-,13+,14+,15+/m1/s1. The van der Waals surface area contributed by atoms with Crippen molar-refractivity contribution in [2.24, 2.45) is 23.7 Å². The number of hydrogen-bond donors (Lipinski definition) is 2. The van der Waals surface area contributed by atoms with Gasteiger partial charge in [0.1, 0.15) is 17.7 Å². The van der Waals surface area contributed by atoms with Crippen LogP contribution >= 0.6 is 0 Å². The maximum absolute atomic E-state index is 13.3. The number of carbonyl (C=O) groups excluding carboxylic acids is 2. The zero-order valence-corrected chi connectivity index (χ0v) is 17.4. The number of nitrogens with one attached hydrogen (secondary N) is 1. The number of amides is 2. The molecule has 10 heteroatoms. The number of likely N-dealkylation sites (tertiary alicyclic amines) is 1. The summed E-state index contributed by atoms with van der Waals surface area (Å²) in [7, 11) is 0. The van der Waals surface area contributed by atoms with Gasteiger partial charge in [-0.25, -0.2) is 9.59 Å². The first-order chi connectivity index (χ1) is 13.9. The lowest BCUT2D eigenvalue weighted by Gasteiger charge is -2.32. The number of alkyl halides is 2. The molecular weight excluding hydrogens is 402 g/mol. The number of aliphatic carboxylic acids is 1. The van der Waals surface area contributed by atoms with E-state index in [2.05, 4.69) is 16.1 Å².